The average Bonchev–Trinajstić information content (AvgIpc) is 2.80. The molecule has 2 rings (SSSR count). The van der Waals surface area contributed by atoms with Gasteiger partial charge in [0.2, 0.25) is 9.84 Å². The Morgan fingerprint density at radius 1 is 1.25 bits per heavy atom. The molecule has 0 N–H and O–H groups in total. The highest BCUT2D eigenvalue weighted by Crippen LogP contribution is 2.13. The number of aromatic nitrogens is 4. The zero-order valence-corrected chi connectivity index (χ0v) is 9.56. The van der Waals surface area contributed by atoms with Crippen LogP contribution in [-0.4, -0.2) is 33.8 Å². The fraction of sp³-hybridized carbons (Fsp3) is 0.125. The Morgan fingerprint density at radius 3 is 2.56 bits per heavy atom. The summed E-state index contributed by atoms with van der Waals surface area (Å²) in [5.41, 5.74) is 0.566. The van der Waals surface area contributed by atoms with Crippen molar-refractivity contribution in [2.24, 2.45) is 0 Å². The van der Waals surface area contributed by atoms with Crippen molar-refractivity contribution in [3.8, 4) is 5.69 Å². The number of hydrogen-bond acceptors (Lipinski definition) is 5. The first-order valence-corrected chi connectivity index (χ1v) is 6.46. The van der Waals surface area contributed by atoms with E-state index in [0.717, 1.165) is 4.68 Å². The molecule has 0 saturated carbocycles. The molecule has 84 valence electrons. The lowest BCUT2D eigenvalue weighted by Crippen LogP contribution is -2.11. The highest BCUT2D eigenvalue weighted by atomic mass is 35.5. The predicted octanol–water partition coefficient (Wildman–Crippen LogP) is 0.632. The molecular formula is C8H7ClN4O2S. The van der Waals surface area contributed by atoms with Gasteiger partial charge in [-0.15, -0.1) is 11.6 Å². The van der Waals surface area contributed by atoms with E-state index in [1.807, 2.05) is 6.07 Å². The lowest BCUT2D eigenvalue weighted by atomic mass is 10.3. The molecule has 1 heterocycles. The summed E-state index contributed by atoms with van der Waals surface area (Å²) in [6, 6.07) is 8.72. The zero-order valence-electron chi connectivity index (χ0n) is 7.99. The molecule has 0 saturated heterocycles. The maximum absolute atomic E-state index is 11.6. The van der Waals surface area contributed by atoms with Gasteiger partial charge in [0.15, 0.2) is 0 Å². The van der Waals surface area contributed by atoms with E-state index in [4.69, 9.17) is 11.6 Å². The van der Waals surface area contributed by atoms with Crippen LogP contribution in [0.3, 0.4) is 0 Å². The molecule has 0 amide bonds. The molecular weight excluding hydrogens is 252 g/mol. The molecule has 16 heavy (non-hydrogen) atoms. The normalized spacial score (nSPS) is 11.6. The van der Waals surface area contributed by atoms with E-state index in [9.17, 15) is 8.42 Å². The third-order valence-corrected chi connectivity index (χ3v) is 3.82. The summed E-state index contributed by atoms with van der Waals surface area (Å²) < 4.78 is 24.3. The Balaban J connectivity index is 2.58. The number of alkyl halides is 1. The van der Waals surface area contributed by atoms with Crippen LogP contribution in [-0.2, 0) is 9.84 Å². The fourth-order valence-electron chi connectivity index (χ4n) is 1.15. The zero-order chi connectivity index (χ0) is 11.6. The average molecular weight is 259 g/mol. The number of sulfone groups is 1. The number of nitrogens with zero attached hydrogens (tertiary/aromatic N) is 4. The first kappa shape index (κ1) is 11.0. The molecule has 0 unspecified atom stereocenters. The van der Waals surface area contributed by atoms with Crippen LogP contribution < -0.4 is 0 Å². The Kier molecular flexibility index (Phi) is 2.88. The summed E-state index contributed by atoms with van der Waals surface area (Å²) in [5, 5.41) is 9.61. The second kappa shape index (κ2) is 4.18. The first-order valence-electron chi connectivity index (χ1n) is 4.27. The van der Waals surface area contributed by atoms with E-state index in [1.54, 1.807) is 24.3 Å². The molecule has 2 aromatic rings. The van der Waals surface area contributed by atoms with Gasteiger partial charge in [0, 0.05) is 0 Å². The maximum Gasteiger partial charge on any atom is 0.273 e. The molecule has 8 heteroatoms. The van der Waals surface area contributed by atoms with Crippen LogP contribution in [0.2, 0.25) is 0 Å². The third kappa shape index (κ3) is 1.91. The van der Waals surface area contributed by atoms with Gasteiger partial charge in [-0.05, 0) is 22.6 Å². The van der Waals surface area contributed by atoms with Crippen LogP contribution >= 0.6 is 11.6 Å². The minimum atomic E-state index is -3.64. The number of tetrazole rings is 1. The molecule has 0 aliphatic heterocycles. The van der Waals surface area contributed by atoms with Gasteiger partial charge in [-0.2, -0.15) is 4.68 Å². The summed E-state index contributed by atoms with van der Waals surface area (Å²) in [7, 11) is -3.64. The van der Waals surface area contributed by atoms with Crippen molar-refractivity contribution < 1.29 is 8.42 Å². The summed E-state index contributed by atoms with van der Waals surface area (Å²) >= 11 is 5.35. The fourth-order valence-corrected chi connectivity index (χ4v) is 2.11. The van der Waals surface area contributed by atoms with Crippen LogP contribution in [0.1, 0.15) is 0 Å². The predicted molar refractivity (Wildman–Crippen MR) is 57.1 cm³/mol. The summed E-state index contributed by atoms with van der Waals surface area (Å²) in [4.78, 5) is 0. The number of rotatable bonds is 3. The Hall–Kier alpha value is -1.47. The molecule has 0 fully saturated rings. The second-order valence-electron chi connectivity index (χ2n) is 2.93. The highest BCUT2D eigenvalue weighted by Gasteiger charge is 2.22. The topological polar surface area (TPSA) is 77.7 Å². The molecule has 0 atom stereocenters. The Labute approximate surface area is 96.8 Å². The van der Waals surface area contributed by atoms with Crippen molar-refractivity contribution in [3.05, 3.63) is 30.3 Å². The van der Waals surface area contributed by atoms with E-state index >= 15 is 0 Å². The second-order valence-corrected chi connectivity index (χ2v) is 5.40. The number of benzene rings is 1. The molecule has 0 spiro atoms. The SMILES string of the molecule is O=S(=O)(CCl)c1nnnn1-c1ccccc1. The summed E-state index contributed by atoms with van der Waals surface area (Å²) in [6.45, 7) is 0. The van der Waals surface area contributed by atoms with Gasteiger partial charge >= 0.3 is 0 Å². The lowest BCUT2D eigenvalue weighted by molar-refractivity contribution is 0.585. The quantitative estimate of drug-likeness (QED) is 0.755. The monoisotopic (exact) mass is 258 g/mol. The largest absolute Gasteiger partial charge is 0.273 e. The van der Waals surface area contributed by atoms with Gasteiger partial charge in [-0.25, -0.2) is 8.42 Å². The van der Waals surface area contributed by atoms with Gasteiger partial charge in [0.05, 0.1) is 5.69 Å². The molecule has 0 radical (unpaired) electrons. The van der Waals surface area contributed by atoms with Crippen molar-refractivity contribution in [2.45, 2.75) is 5.16 Å². The minimum absolute atomic E-state index is 0.256. The van der Waals surface area contributed by atoms with Gasteiger partial charge in [0.25, 0.3) is 5.16 Å². The molecule has 1 aromatic heterocycles. The molecule has 0 aliphatic rings. The summed E-state index contributed by atoms with van der Waals surface area (Å²) in [6.07, 6.45) is 0. The van der Waals surface area contributed by atoms with Gasteiger partial charge in [-0.3, -0.25) is 0 Å². The summed E-state index contributed by atoms with van der Waals surface area (Å²) in [5.74, 6) is 0. The smallest absolute Gasteiger partial charge is 0.219 e. The van der Waals surface area contributed by atoms with E-state index in [2.05, 4.69) is 15.5 Å². The van der Waals surface area contributed by atoms with Crippen LogP contribution in [0.5, 0.6) is 0 Å². The standard InChI is InChI=1S/C8H7ClN4O2S/c9-6-16(14,15)8-10-11-12-13(8)7-4-2-1-3-5-7/h1-5H,6H2. The number of halogens is 1. The van der Waals surface area contributed by atoms with Gasteiger partial charge < -0.3 is 0 Å². The maximum atomic E-state index is 11.6. The van der Waals surface area contributed by atoms with Crippen molar-refractivity contribution >= 4 is 21.4 Å². The van der Waals surface area contributed by atoms with Crippen LogP contribution in [0.15, 0.2) is 35.5 Å². The molecule has 1 aromatic carbocycles. The molecule has 0 aliphatic carbocycles. The van der Waals surface area contributed by atoms with E-state index in [0.29, 0.717) is 5.69 Å². The van der Waals surface area contributed by atoms with Crippen LogP contribution in [0.4, 0.5) is 0 Å². The number of hydrogen-bond donors (Lipinski definition) is 0. The molecule has 6 nitrogen and oxygen atoms in total. The van der Waals surface area contributed by atoms with Crippen molar-refractivity contribution in [3.63, 3.8) is 0 Å². The van der Waals surface area contributed by atoms with Crippen molar-refractivity contribution in [1.82, 2.24) is 20.2 Å². The highest BCUT2D eigenvalue weighted by molar-refractivity contribution is 7.92. The van der Waals surface area contributed by atoms with Crippen molar-refractivity contribution in [2.75, 3.05) is 5.21 Å². The van der Waals surface area contributed by atoms with E-state index < -0.39 is 15.0 Å². The Bertz CT molecular complexity index is 581. The minimum Gasteiger partial charge on any atom is -0.219 e. The number of para-hydroxylation sites is 1. The third-order valence-electron chi connectivity index (χ3n) is 1.86. The van der Waals surface area contributed by atoms with Crippen LogP contribution in [0.25, 0.3) is 5.69 Å². The Morgan fingerprint density at radius 2 is 1.94 bits per heavy atom. The van der Waals surface area contributed by atoms with E-state index in [1.165, 1.54) is 0 Å². The van der Waals surface area contributed by atoms with Gasteiger partial charge in [0.1, 0.15) is 5.21 Å². The van der Waals surface area contributed by atoms with Crippen molar-refractivity contribution in [1.29, 1.82) is 0 Å². The van der Waals surface area contributed by atoms with E-state index in [-0.39, 0.29) is 5.16 Å². The molecule has 0 bridgehead atoms. The first-order chi connectivity index (χ1) is 7.65. The lowest BCUT2D eigenvalue weighted by Gasteiger charge is -2.02. The van der Waals surface area contributed by atoms with Gasteiger partial charge in [-0.1, -0.05) is 23.3 Å². The van der Waals surface area contributed by atoms with Crippen LogP contribution in [0, 0.1) is 0 Å².